The molecule has 1 saturated carbocycles. The smallest absolute Gasteiger partial charge is 0.0794 e. The molecule has 1 heterocycles. The van der Waals surface area contributed by atoms with E-state index in [1.165, 1.54) is 17.7 Å². The Morgan fingerprint density at radius 2 is 2.50 bits per heavy atom. The standard InChI is InChI=1S/C9H14N2S/c1-9(2-3-9)6-10-4-8-5-11-7-12-8/h5,7,10H,2-4,6H2,1H3. The summed E-state index contributed by atoms with van der Waals surface area (Å²) < 4.78 is 0. The van der Waals surface area contributed by atoms with E-state index in [9.17, 15) is 0 Å². The minimum absolute atomic E-state index is 0.616. The van der Waals surface area contributed by atoms with Crippen molar-refractivity contribution in [1.82, 2.24) is 10.3 Å². The van der Waals surface area contributed by atoms with Gasteiger partial charge in [0.25, 0.3) is 0 Å². The van der Waals surface area contributed by atoms with Crippen molar-refractivity contribution in [2.24, 2.45) is 5.41 Å². The van der Waals surface area contributed by atoms with Crippen molar-refractivity contribution >= 4 is 11.3 Å². The predicted octanol–water partition coefficient (Wildman–Crippen LogP) is 2.03. The van der Waals surface area contributed by atoms with Gasteiger partial charge in [0, 0.05) is 24.2 Å². The van der Waals surface area contributed by atoms with E-state index in [1.807, 2.05) is 11.7 Å². The summed E-state index contributed by atoms with van der Waals surface area (Å²) in [6.45, 7) is 4.48. The maximum atomic E-state index is 4.03. The zero-order valence-corrected chi connectivity index (χ0v) is 8.16. The van der Waals surface area contributed by atoms with Crippen molar-refractivity contribution in [2.75, 3.05) is 6.54 Å². The SMILES string of the molecule is CC1(CNCc2cncs2)CC1. The highest BCUT2D eigenvalue weighted by atomic mass is 32.1. The first-order valence-electron chi connectivity index (χ1n) is 4.37. The van der Waals surface area contributed by atoms with Crippen LogP contribution in [0.25, 0.3) is 0 Å². The molecule has 0 atom stereocenters. The van der Waals surface area contributed by atoms with Crippen molar-refractivity contribution in [1.29, 1.82) is 0 Å². The Morgan fingerprint density at radius 1 is 1.67 bits per heavy atom. The average molecular weight is 182 g/mol. The van der Waals surface area contributed by atoms with Crippen LogP contribution >= 0.6 is 11.3 Å². The molecule has 1 aliphatic rings. The molecule has 0 saturated heterocycles. The Kier molecular flexibility index (Phi) is 2.15. The molecular formula is C9H14N2S. The number of rotatable bonds is 4. The number of thiazole rings is 1. The summed E-state index contributed by atoms with van der Waals surface area (Å²) in [7, 11) is 0. The van der Waals surface area contributed by atoms with Gasteiger partial charge in [-0.2, -0.15) is 0 Å². The molecule has 0 bridgehead atoms. The lowest BCUT2D eigenvalue weighted by atomic mass is 10.1. The number of nitrogens with one attached hydrogen (secondary N) is 1. The highest BCUT2D eigenvalue weighted by Gasteiger charge is 2.36. The van der Waals surface area contributed by atoms with Crippen LogP contribution < -0.4 is 5.32 Å². The molecule has 0 spiro atoms. The van der Waals surface area contributed by atoms with Crippen molar-refractivity contribution in [3.8, 4) is 0 Å². The van der Waals surface area contributed by atoms with Gasteiger partial charge in [-0.05, 0) is 18.3 Å². The minimum atomic E-state index is 0.616. The molecule has 1 aliphatic carbocycles. The second-order valence-corrected chi connectivity index (χ2v) is 4.85. The zero-order chi connectivity index (χ0) is 8.44. The highest BCUT2D eigenvalue weighted by Crippen LogP contribution is 2.44. The van der Waals surface area contributed by atoms with Crippen LogP contribution in [0.15, 0.2) is 11.7 Å². The molecule has 0 radical (unpaired) electrons. The topological polar surface area (TPSA) is 24.9 Å². The average Bonchev–Trinajstić information content (AvgIpc) is 2.61. The van der Waals surface area contributed by atoms with E-state index in [0.717, 1.165) is 13.1 Å². The third-order valence-corrected chi connectivity index (χ3v) is 3.22. The molecule has 1 aromatic heterocycles. The first-order valence-corrected chi connectivity index (χ1v) is 5.25. The number of aromatic nitrogens is 1. The molecule has 1 fully saturated rings. The fourth-order valence-electron chi connectivity index (χ4n) is 1.21. The Labute approximate surface area is 77.0 Å². The molecule has 66 valence electrons. The molecule has 1 N–H and O–H groups in total. The van der Waals surface area contributed by atoms with Gasteiger partial charge in [0.2, 0.25) is 0 Å². The van der Waals surface area contributed by atoms with Crippen LogP contribution in [0.5, 0.6) is 0 Å². The molecule has 1 aromatic rings. The van der Waals surface area contributed by atoms with Crippen LogP contribution in [0.4, 0.5) is 0 Å². The van der Waals surface area contributed by atoms with Crippen molar-refractivity contribution < 1.29 is 0 Å². The summed E-state index contributed by atoms with van der Waals surface area (Å²) in [5, 5.41) is 3.46. The Balaban J connectivity index is 1.69. The molecule has 0 aliphatic heterocycles. The Morgan fingerprint density at radius 3 is 3.08 bits per heavy atom. The summed E-state index contributed by atoms with van der Waals surface area (Å²) >= 11 is 1.72. The second kappa shape index (κ2) is 3.15. The van der Waals surface area contributed by atoms with Crippen LogP contribution in [0.3, 0.4) is 0 Å². The summed E-state index contributed by atoms with van der Waals surface area (Å²) in [5.74, 6) is 0. The van der Waals surface area contributed by atoms with E-state index in [1.54, 1.807) is 11.3 Å². The predicted molar refractivity (Wildman–Crippen MR) is 51.2 cm³/mol. The lowest BCUT2D eigenvalue weighted by Crippen LogP contribution is -2.20. The first kappa shape index (κ1) is 8.20. The van der Waals surface area contributed by atoms with E-state index in [-0.39, 0.29) is 0 Å². The number of hydrogen-bond donors (Lipinski definition) is 1. The minimum Gasteiger partial charge on any atom is -0.311 e. The molecule has 2 rings (SSSR count). The molecule has 0 unspecified atom stereocenters. The molecular weight excluding hydrogens is 168 g/mol. The van der Waals surface area contributed by atoms with E-state index in [0.29, 0.717) is 5.41 Å². The summed E-state index contributed by atoms with van der Waals surface area (Å²) in [6.07, 6.45) is 4.72. The van der Waals surface area contributed by atoms with Gasteiger partial charge in [-0.1, -0.05) is 6.92 Å². The third-order valence-electron chi connectivity index (χ3n) is 2.44. The summed E-state index contributed by atoms with van der Waals surface area (Å²) in [6, 6.07) is 0. The Hall–Kier alpha value is -0.410. The molecule has 0 aromatic carbocycles. The van der Waals surface area contributed by atoms with Gasteiger partial charge in [-0.25, -0.2) is 0 Å². The maximum absolute atomic E-state index is 4.03. The van der Waals surface area contributed by atoms with Crippen molar-refractivity contribution in [2.45, 2.75) is 26.3 Å². The van der Waals surface area contributed by atoms with Crippen LogP contribution in [0.2, 0.25) is 0 Å². The Bertz CT molecular complexity index is 239. The van der Waals surface area contributed by atoms with Crippen molar-refractivity contribution in [3.05, 3.63) is 16.6 Å². The van der Waals surface area contributed by atoms with Crippen LogP contribution in [-0.2, 0) is 6.54 Å². The lowest BCUT2D eigenvalue weighted by molar-refractivity contribution is 0.501. The fourth-order valence-corrected chi connectivity index (χ4v) is 1.77. The van der Waals surface area contributed by atoms with Gasteiger partial charge in [0.05, 0.1) is 5.51 Å². The van der Waals surface area contributed by atoms with Gasteiger partial charge >= 0.3 is 0 Å². The van der Waals surface area contributed by atoms with Gasteiger partial charge in [0.15, 0.2) is 0 Å². The highest BCUT2D eigenvalue weighted by molar-refractivity contribution is 7.09. The fraction of sp³-hybridized carbons (Fsp3) is 0.667. The summed E-state index contributed by atoms with van der Waals surface area (Å²) in [4.78, 5) is 5.36. The zero-order valence-electron chi connectivity index (χ0n) is 7.34. The van der Waals surface area contributed by atoms with E-state index >= 15 is 0 Å². The van der Waals surface area contributed by atoms with Gasteiger partial charge < -0.3 is 5.32 Å². The van der Waals surface area contributed by atoms with E-state index in [2.05, 4.69) is 17.2 Å². The summed E-state index contributed by atoms with van der Waals surface area (Å²) in [5.41, 5.74) is 2.50. The normalized spacial score (nSPS) is 19.4. The monoisotopic (exact) mass is 182 g/mol. The third kappa shape index (κ3) is 2.05. The quantitative estimate of drug-likeness (QED) is 0.770. The molecule has 3 heteroatoms. The van der Waals surface area contributed by atoms with E-state index in [4.69, 9.17) is 0 Å². The van der Waals surface area contributed by atoms with Gasteiger partial charge in [-0.15, -0.1) is 11.3 Å². The second-order valence-electron chi connectivity index (χ2n) is 3.88. The van der Waals surface area contributed by atoms with Crippen LogP contribution in [0, 0.1) is 5.41 Å². The molecule has 0 amide bonds. The maximum Gasteiger partial charge on any atom is 0.0794 e. The van der Waals surface area contributed by atoms with Gasteiger partial charge in [-0.3, -0.25) is 4.98 Å². The van der Waals surface area contributed by atoms with Crippen molar-refractivity contribution in [3.63, 3.8) is 0 Å². The largest absolute Gasteiger partial charge is 0.311 e. The first-order chi connectivity index (χ1) is 5.79. The van der Waals surface area contributed by atoms with Crippen LogP contribution in [-0.4, -0.2) is 11.5 Å². The van der Waals surface area contributed by atoms with Crippen LogP contribution in [0.1, 0.15) is 24.6 Å². The van der Waals surface area contributed by atoms with E-state index < -0.39 is 0 Å². The van der Waals surface area contributed by atoms with Gasteiger partial charge in [0.1, 0.15) is 0 Å². The lowest BCUT2D eigenvalue weighted by Gasteiger charge is -2.07. The molecule has 12 heavy (non-hydrogen) atoms. The number of hydrogen-bond acceptors (Lipinski definition) is 3. The molecule has 2 nitrogen and oxygen atoms in total. The number of nitrogens with zero attached hydrogens (tertiary/aromatic N) is 1.